The van der Waals surface area contributed by atoms with E-state index in [0.717, 1.165) is 17.5 Å². The molecule has 1 unspecified atom stereocenters. The van der Waals surface area contributed by atoms with Crippen LogP contribution in [-0.4, -0.2) is 47.7 Å². The number of carbonyl (C=O) groups is 2. The van der Waals surface area contributed by atoms with Crippen LogP contribution in [0.2, 0.25) is 0 Å². The van der Waals surface area contributed by atoms with Gasteiger partial charge in [-0.3, -0.25) is 4.98 Å². The van der Waals surface area contributed by atoms with Crippen molar-refractivity contribution in [3.8, 4) is 0 Å². The predicted molar refractivity (Wildman–Crippen MR) is 110 cm³/mol. The fraction of sp³-hybridized carbons (Fsp3) is 0.381. The number of carbonyl (C=O) groups excluding carboxylic acids is 2. The molecule has 8 heteroatoms. The highest BCUT2D eigenvalue weighted by atomic mass is 16.5. The van der Waals surface area contributed by atoms with Crippen molar-refractivity contribution in [3.63, 3.8) is 0 Å². The molecule has 154 valence electrons. The van der Waals surface area contributed by atoms with Crippen LogP contribution < -0.4 is 16.0 Å². The number of pyridine rings is 1. The minimum atomic E-state index is -0.290. The molecule has 0 spiro atoms. The van der Waals surface area contributed by atoms with Crippen molar-refractivity contribution in [2.24, 2.45) is 0 Å². The molecule has 0 aliphatic carbocycles. The van der Waals surface area contributed by atoms with E-state index in [0.29, 0.717) is 38.5 Å². The number of anilines is 1. The number of amides is 4. The zero-order valence-corrected chi connectivity index (χ0v) is 16.6. The highest BCUT2D eigenvalue weighted by molar-refractivity contribution is 5.89. The lowest BCUT2D eigenvalue weighted by molar-refractivity contribution is 0.0710. The summed E-state index contributed by atoms with van der Waals surface area (Å²) in [5.41, 5.74) is 2.55. The van der Waals surface area contributed by atoms with E-state index in [1.165, 1.54) is 0 Å². The molecular weight excluding hydrogens is 370 g/mol. The van der Waals surface area contributed by atoms with E-state index in [9.17, 15) is 9.59 Å². The third-order valence-electron chi connectivity index (χ3n) is 4.57. The van der Waals surface area contributed by atoms with Gasteiger partial charge in [-0.2, -0.15) is 0 Å². The maximum absolute atomic E-state index is 12.4. The Morgan fingerprint density at radius 3 is 2.76 bits per heavy atom. The molecule has 0 bridgehead atoms. The highest BCUT2D eigenvalue weighted by Crippen LogP contribution is 2.11. The third kappa shape index (κ3) is 6.76. The number of hydrogen-bond acceptors (Lipinski definition) is 4. The van der Waals surface area contributed by atoms with Crippen LogP contribution in [0.25, 0.3) is 0 Å². The SMILES string of the molecule is CC1CN(C(=O)NCc2cccc(NC(=O)NCc3ccncc3)c2)CCCO1. The Hall–Kier alpha value is -3.13. The Morgan fingerprint density at radius 2 is 1.93 bits per heavy atom. The molecule has 0 saturated carbocycles. The summed E-state index contributed by atoms with van der Waals surface area (Å²) in [5.74, 6) is 0. The van der Waals surface area contributed by atoms with E-state index in [4.69, 9.17) is 4.74 Å². The van der Waals surface area contributed by atoms with Gasteiger partial charge >= 0.3 is 12.1 Å². The molecule has 4 amide bonds. The third-order valence-corrected chi connectivity index (χ3v) is 4.57. The lowest BCUT2D eigenvalue weighted by Crippen LogP contribution is -2.42. The monoisotopic (exact) mass is 397 g/mol. The summed E-state index contributed by atoms with van der Waals surface area (Å²) in [7, 11) is 0. The summed E-state index contributed by atoms with van der Waals surface area (Å²) in [6, 6.07) is 10.7. The highest BCUT2D eigenvalue weighted by Gasteiger charge is 2.19. The molecule has 29 heavy (non-hydrogen) atoms. The number of nitrogens with zero attached hydrogens (tertiary/aromatic N) is 2. The van der Waals surface area contributed by atoms with Gasteiger partial charge in [-0.05, 0) is 48.7 Å². The van der Waals surface area contributed by atoms with E-state index in [1.54, 1.807) is 17.3 Å². The first-order valence-electron chi connectivity index (χ1n) is 9.77. The first-order valence-corrected chi connectivity index (χ1v) is 9.77. The van der Waals surface area contributed by atoms with E-state index in [-0.39, 0.29) is 18.2 Å². The fourth-order valence-electron chi connectivity index (χ4n) is 3.09. The summed E-state index contributed by atoms with van der Waals surface area (Å²) in [6.07, 6.45) is 4.26. The summed E-state index contributed by atoms with van der Waals surface area (Å²) < 4.78 is 5.58. The van der Waals surface area contributed by atoms with Crippen LogP contribution in [0.5, 0.6) is 0 Å². The second kappa shape index (κ2) is 10.4. The van der Waals surface area contributed by atoms with Gasteiger partial charge in [-0.25, -0.2) is 9.59 Å². The molecule has 8 nitrogen and oxygen atoms in total. The Labute approximate surface area is 170 Å². The molecule has 3 rings (SSSR count). The molecule has 3 N–H and O–H groups in total. The van der Waals surface area contributed by atoms with Crippen LogP contribution in [0.1, 0.15) is 24.5 Å². The summed E-state index contributed by atoms with van der Waals surface area (Å²) in [6.45, 7) is 4.74. The zero-order valence-electron chi connectivity index (χ0n) is 16.6. The average Bonchev–Trinajstić information content (AvgIpc) is 2.96. The van der Waals surface area contributed by atoms with Gasteiger partial charge in [0.2, 0.25) is 0 Å². The molecule has 2 aromatic rings. The number of benzene rings is 1. The van der Waals surface area contributed by atoms with Gasteiger partial charge in [0.05, 0.1) is 6.10 Å². The van der Waals surface area contributed by atoms with Crippen LogP contribution in [0.15, 0.2) is 48.8 Å². The molecular formula is C21H27N5O3. The van der Waals surface area contributed by atoms with Crippen molar-refractivity contribution in [2.75, 3.05) is 25.0 Å². The molecule has 1 fully saturated rings. The number of aromatic nitrogens is 1. The topological polar surface area (TPSA) is 95.6 Å². The van der Waals surface area contributed by atoms with Gasteiger partial charge in [-0.15, -0.1) is 0 Å². The zero-order chi connectivity index (χ0) is 20.5. The van der Waals surface area contributed by atoms with Gasteiger partial charge in [-0.1, -0.05) is 12.1 Å². The van der Waals surface area contributed by atoms with Crippen LogP contribution >= 0.6 is 0 Å². The van der Waals surface area contributed by atoms with Crippen molar-refractivity contribution >= 4 is 17.7 Å². The van der Waals surface area contributed by atoms with Gasteiger partial charge in [0.25, 0.3) is 0 Å². The van der Waals surface area contributed by atoms with Crippen molar-refractivity contribution in [3.05, 3.63) is 59.9 Å². The molecule has 1 aliphatic rings. The Kier molecular flexibility index (Phi) is 7.40. The van der Waals surface area contributed by atoms with Crippen LogP contribution in [0.4, 0.5) is 15.3 Å². The van der Waals surface area contributed by atoms with Gasteiger partial charge in [0, 0.05) is 50.9 Å². The molecule has 0 radical (unpaired) electrons. The standard InChI is InChI=1S/C21H27N5O3/c1-16-15-26(10-3-11-29-16)21(28)24-14-18-4-2-5-19(12-18)25-20(27)23-13-17-6-8-22-9-7-17/h2,4-9,12,16H,3,10-11,13-15H2,1H3,(H,24,28)(H2,23,25,27). The van der Waals surface area contributed by atoms with E-state index < -0.39 is 0 Å². The van der Waals surface area contributed by atoms with Gasteiger partial charge in [0.1, 0.15) is 0 Å². The smallest absolute Gasteiger partial charge is 0.319 e. The van der Waals surface area contributed by atoms with Crippen molar-refractivity contribution in [1.29, 1.82) is 0 Å². The van der Waals surface area contributed by atoms with Gasteiger partial charge in [0.15, 0.2) is 0 Å². The van der Waals surface area contributed by atoms with Gasteiger partial charge < -0.3 is 25.6 Å². The largest absolute Gasteiger partial charge is 0.377 e. The van der Waals surface area contributed by atoms with Crippen LogP contribution in [-0.2, 0) is 17.8 Å². The minimum Gasteiger partial charge on any atom is -0.377 e. The number of ether oxygens (including phenoxy) is 1. The molecule has 1 atom stereocenters. The first kappa shape index (κ1) is 20.6. The average molecular weight is 397 g/mol. The minimum absolute atomic E-state index is 0.0430. The predicted octanol–water partition coefficient (Wildman–Crippen LogP) is 2.72. The van der Waals surface area contributed by atoms with Crippen LogP contribution in [0.3, 0.4) is 0 Å². The Morgan fingerprint density at radius 1 is 1.14 bits per heavy atom. The summed E-state index contributed by atoms with van der Waals surface area (Å²) in [5, 5.41) is 8.56. The number of rotatable bonds is 5. The molecule has 1 saturated heterocycles. The molecule has 1 aromatic carbocycles. The quantitative estimate of drug-likeness (QED) is 0.723. The maximum atomic E-state index is 12.4. The maximum Gasteiger partial charge on any atom is 0.319 e. The number of hydrogen-bond donors (Lipinski definition) is 3. The normalized spacial score (nSPS) is 16.6. The molecule has 2 heterocycles. The van der Waals surface area contributed by atoms with Crippen LogP contribution in [0, 0.1) is 0 Å². The fourth-order valence-corrected chi connectivity index (χ4v) is 3.09. The second-order valence-corrected chi connectivity index (χ2v) is 7.00. The van der Waals surface area contributed by atoms with E-state index >= 15 is 0 Å². The van der Waals surface area contributed by atoms with Crippen molar-refractivity contribution in [1.82, 2.24) is 20.5 Å². The number of nitrogens with one attached hydrogen (secondary N) is 3. The first-order chi connectivity index (χ1) is 14.1. The van der Waals surface area contributed by atoms with E-state index in [2.05, 4.69) is 20.9 Å². The number of urea groups is 2. The Bertz CT molecular complexity index is 815. The summed E-state index contributed by atoms with van der Waals surface area (Å²) >= 11 is 0. The lowest BCUT2D eigenvalue weighted by atomic mass is 10.2. The second-order valence-electron chi connectivity index (χ2n) is 7.00. The lowest BCUT2D eigenvalue weighted by Gasteiger charge is -2.22. The van der Waals surface area contributed by atoms with E-state index in [1.807, 2.05) is 43.3 Å². The Balaban J connectivity index is 1.47. The molecule has 1 aromatic heterocycles. The molecule has 1 aliphatic heterocycles. The summed E-state index contributed by atoms with van der Waals surface area (Å²) in [4.78, 5) is 30.3. The van der Waals surface area contributed by atoms with Crippen molar-refractivity contribution < 1.29 is 14.3 Å². The van der Waals surface area contributed by atoms with Crippen molar-refractivity contribution in [2.45, 2.75) is 32.5 Å².